The normalized spacial score (nSPS) is 10.1. The lowest BCUT2D eigenvalue weighted by molar-refractivity contribution is 0.358. The van der Waals surface area contributed by atoms with Gasteiger partial charge in [0, 0.05) is 10.0 Å². The van der Waals surface area contributed by atoms with E-state index in [2.05, 4.69) is 20.7 Å². The molecular formula is C8H7BrF2O. The fourth-order valence-electron chi connectivity index (χ4n) is 0.852. The van der Waals surface area contributed by atoms with Gasteiger partial charge in [-0.25, -0.2) is 8.78 Å². The van der Waals surface area contributed by atoms with Crippen molar-refractivity contribution in [3.8, 4) is 5.75 Å². The zero-order chi connectivity index (χ0) is 9.30. The lowest BCUT2D eigenvalue weighted by Crippen LogP contribution is -1.95. The van der Waals surface area contributed by atoms with E-state index in [4.69, 9.17) is 0 Å². The molecule has 0 N–H and O–H groups in total. The molecule has 0 aliphatic rings. The molecule has 0 saturated carbocycles. The van der Waals surface area contributed by atoms with Crippen LogP contribution >= 0.6 is 15.9 Å². The number of rotatable bonds is 1. The average Bonchev–Trinajstić information content (AvgIpc) is 2.01. The molecule has 0 aromatic heterocycles. The summed E-state index contributed by atoms with van der Waals surface area (Å²) in [6, 6.07) is 1.18. The maximum absolute atomic E-state index is 13.1. The second-order valence-corrected chi connectivity index (χ2v) is 3.17. The third-order valence-corrected chi connectivity index (χ3v) is 2.38. The van der Waals surface area contributed by atoms with Crippen molar-refractivity contribution in [2.75, 3.05) is 7.11 Å². The Morgan fingerprint density at radius 3 is 2.50 bits per heavy atom. The van der Waals surface area contributed by atoms with Gasteiger partial charge in [-0.1, -0.05) is 15.9 Å². The van der Waals surface area contributed by atoms with Crippen molar-refractivity contribution in [1.29, 1.82) is 0 Å². The summed E-state index contributed by atoms with van der Waals surface area (Å²) < 4.78 is 31.0. The molecule has 0 fully saturated rings. The number of halogens is 3. The van der Waals surface area contributed by atoms with E-state index in [9.17, 15) is 8.78 Å². The highest BCUT2D eigenvalue weighted by atomic mass is 79.9. The molecule has 66 valence electrons. The highest BCUT2D eigenvalue weighted by Gasteiger charge is 2.14. The molecule has 12 heavy (non-hydrogen) atoms. The lowest BCUT2D eigenvalue weighted by Gasteiger charge is -2.06. The monoisotopic (exact) mass is 236 g/mol. The Kier molecular flexibility index (Phi) is 2.67. The van der Waals surface area contributed by atoms with Crippen LogP contribution < -0.4 is 4.74 Å². The Morgan fingerprint density at radius 1 is 1.42 bits per heavy atom. The van der Waals surface area contributed by atoms with Crippen LogP contribution in [-0.4, -0.2) is 7.11 Å². The minimum absolute atomic E-state index is 0.337. The van der Waals surface area contributed by atoms with Gasteiger partial charge in [-0.05, 0) is 13.0 Å². The largest absolute Gasteiger partial charge is 0.491 e. The van der Waals surface area contributed by atoms with Gasteiger partial charge in [-0.15, -0.1) is 0 Å². The molecule has 0 amide bonds. The molecule has 0 unspecified atom stereocenters. The summed E-state index contributed by atoms with van der Waals surface area (Å²) in [6.45, 7) is 1.54. The maximum Gasteiger partial charge on any atom is 0.190 e. The molecule has 1 aromatic carbocycles. The van der Waals surface area contributed by atoms with Gasteiger partial charge >= 0.3 is 0 Å². The van der Waals surface area contributed by atoms with E-state index in [0.29, 0.717) is 10.0 Å². The standard InChI is InChI=1S/C8H7BrF2O/c1-4-5(9)3-6(10)8(12-2)7(4)11/h3H,1-2H3. The summed E-state index contributed by atoms with van der Waals surface area (Å²) in [5, 5.41) is 0. The quantitative estimate of drug-likeness (QED) is 0.729. The maximum atomic E-state index is 13.1. The summed E-state index contributed by atoms with van der Waals surface area (Å²) in [4.78, 5) is 0. The van der Waals surface area contributed by atoms with E-state index < -0.39 is 11.6 Å². The van der Waals surface area contributed by atoms with Crippen LogP contribution in [0.4, 0.5) is 8.78 Å². The van der Waals surface area contributed by atoms with E-state index in [1.165, 1.54) is 13.2 Å². The topological polar surface area (TPSA) is 9.23 Å². The summed E-state index contributed by atoms with van der Waals surface area (Å²) in [7, 11) is 1.23. The zero-order valence-corrected chi connectivity index (χ0v) is 8.21. The van der Waals surface area contributed by atoms with Gasteiger partial charge in [0.05, 0.1) is 7.11 Å². The minimum atomic E-state index is -0.701. The second-order valence-electron chi connectivity index (χ2n) is 2.31. The number of hydrogen-bond acceptors (Lipinski definition) is 1. The van der Waals surface area contributed by atoms with Crippen molar-refractivity contribution in [1.82, 2.24) is 0 Å². The van der Waals surface area contributed by atoms with Crippen molar-refractivity contribution < 1.29 is 13.5 Å². The van der Waals surface area contributed by atoms with Gasteiger partial charge in [-0.2, -0.15) is 0 Å². The van der Waals surface area contributed by atoms with Crippen LogP contribution in [-0.2, 0) is 0 Å². The molecule has 0 saturated heterocycles. The van der Waals surface area contributed by atoms with Gasteiger partial charge < -0.3 is 4.74 Å². The van der Waals surface area contributed by atoms with Crippen molar-refractivity contribution in [2.24, 2.45) is 0 Å². The highest BCUT2D eigenvalue weighted by molar-refractivity contribution is 9.10. The second kappa shape index (κ2) is 3.39. The van der Waals surface area contributed by atoms with E-state index in [0.717, 1.165) is 0 Å². The predicted molar refractivity (Wildman–Crippen MR) is 45.3 cm³/mol. The molecule has 0 heterocycles. The fraction of sp³-hybridized carbons (Fsp3) is 0.250. The average molecular weight is 237 g/mol. The Labute approximate surface area is 77.5 Å². The Bertz CT molecular complexity index is 312. The highest BCUT2D eigenvalue weighted by Crippen LogP contribution is 2.29. The summed E-state index contributed by atoms with van der Waals surface area (Å²) >= 11 is 3.02. The Balaban J connectivity index is 3.40. The molecular weight excluding hydrogens is 230 g/mol. The zero-order valence-electron chi connectivity index (χ0n) is 6.62. The predicted octanol–water partition coefficient (Wildman–Crippen LogP) is 3.04. The summed E-state index contributed by atoms with van der Waals surface area (Å²) in [6.07, 6.45) is 0. The van der Waals surface area contributed by atoms with Gasteiger partial charge in [0.25, 0.3) is 0 Å². The molecule has 0 aliphatic carbocycles. The third kappa shape index (κ3) is 1.43. The summed E-state index contributed by atoms with van der Waals surface area (Å²) in [5.74, 6) is -1.70. The number of benzene rings is 1. The number of hydrogen-bond donors (Lipinski definition) is 0. The van der Waals surface area contributed by atoms with Crippen LogP contribution in [0.25, 0.3) is 0 Å². The smallest absolute Gasteiger partial charge is 0.190 e. The fourth-order valence-corrected chi connectivity index (χ4v) is 1.23. The molecule has 1 aromatic rings. The molecule has 0 aliphatic heterocycles. The third-order valence-electron chi connectivity index (χ3n) is 1.56. The lowest BCUT2D eigenvalue weighted by atomic mass is 10.2. The molecule has 0 atom stereocenters. The van der Waals surface area contributed by atoms with E-state index in [1.54, 1.807) is 6.92 Å². The Hall–Kier alpha value is -0.640. The van der Waals surface area contributed by atoms with Crippen molar-refractivity contribution in [2.45, 2.75) is 6.92 Å². The molecule has 0 bridgehead atoms. The number of methoxy groups -OCH3 is 1. The first-order valence-electron chi connectivity index (χ1n) is 3.26. The minimum Gasteiger partial charge on any atom is -0.491 e. The van der Waals surface area contributed by atoms with Crippen molar-refractivity contribution in [3.05, 3.63) is 27.7 Å². The van der Waals surface area contributed by atoms with E-state index >= 15 is 0 Å². The molecule has 1 nitrogen and oxygen atoms in total. The first kappa shape index (κ1) is 9.45. The van der Waals surface area contributed by atoms with Crippen LogP contribution in [0.15, 0.2) is 10.5 Å². The first-order valence-corrected chi connectivity index (χ1v) is 4.05. The van der Waals surface area contributed by atoms with Gasteiger partial charge in [0.15, 0.2) is 17.4 Å². The molecule has 0 radical (unpaired) electrons. The van der Waals surface area contributed by atoms with Crippen LogP contribution in [0.2, 0.25) is 0 Å². The van der Waals surface area contributed by atoms with Crippen molar-refractivity contribution >= 4 is 15.9 Å². The van der Waals surface area contributed by atoms with Gasteiger partial charge in [-0.3, -0.25) is 0 Å². The SMILES string of the molecule is COc1c(F)cc(Br)c(C)c1F. The molecule has 4 heteroatoms. The van der Waals surface area contributed by atoms with Gasteiger partial charge in [0.2, 0.25) is 0 Å². The van der Waals surface area contributed by atoms with E-state index in [1.807, 2.05) is 0 Å². The summed E-state index contributed by atoms with van der Waals surface area (Å²) in [5.41, 5.74) is 0.341. The van der Waals surface area contributed by atoms with Crippen LogP contribution in [0.3, 0.4) is 0 Å². The molecule has 0 spiro atoms. The number of ether oxygens (including phenoxy) is 1. The van der Waals surface area contributed by atoms with Crippen LogP contribution in [0.1, 0.15) is 5.56 Å². The van der Waals surface area contributed by atoms with Crippen molar-refractivity contribution in [3.63, 3.8) is 0 Å². The first-order chi connectivity index (χ1) is 5.57. The van der Waals surface area contributed by atoms with Gasteiger partial charge in [0.1, 0.15) is 0 Å². The Morgan fingerprint density at radius 2 is 2.00 bits per heavy atom. The van der Waals surface area contributed by atoms with Crippen LogP contribution in [0.5, 0.6) is 5.75 Å². The van der Waals surface area contributed by atoms with Crippen LogP contribution in [0, 0.1) is 18.6 Å². The molecule has 1 rings (SSSR count). The van der Waals surface area contributed by atoms with E-state index in [-0.39, 0.29) is 5.75 Å².